The summed E-state index contributed by atoms with van der Waals surface area (Å²) in [5, 5.41) is 3.61. The van der Waals surface area contributed by atoms with Crippen molar-refractivity contribution in [3.05, 3.63) is 35.4 Å². The second-order valence-corrected chi connectivity index (χ2v) is 7.22. The first-order chi connectivity index (χ1) is 9.93. The van der Waals surface area contributed by atoms with Gasteiger partial charge in [-0.15, -0.1) is 0 Å². The van der Waals surface area contributed by atoms with E-state index in [1.54, 1.807) is 0 Å². The Morgan fingerprint density at radius 3 is 2.62 bits per heavy atom. The number of nitrogens with one attached hydrogen (secondary N) is 1. The lowest BCUT2D eigenvalue weighted by atomic mass is 9.97. The van der Waals surface area contributed by atoms with E-state index in [1.807, 2.05) is 0 Å². The molecule has 0 bridgehead atoms. The minimum absolute atomic E-state index is 0.0427. The Labute approximate surface area is 127 Å². The lowest BCUT2D eigenvalue weighted by Crippen LogP contribution is -2.36. The van der Waals surface area contributed by atoms with Gasteiger partial charge >= 0.3 is 0 Å². The Balaban J connectivity index is 1.88. The topological polar surface area (TPSA) is 32.3 Å². The van der Waals surface area contributed by atoms with Crippen molar-refractivity contribution in [2.24, 2.45) is 11.8 Å². The van der Waals surface area contributed by atoms with Gasteiger partial charge in [0.05, 0.1) is 0 Å². The van der Waals surface area contributed by atoms with Crippen molar-refractivity contribution in [3.8, 4) is 0 Å². The molecule has 3 heteroatoms. The highest BCUT2D eigenvalue weighted by Crippen LogP contribution is 2.46. The van der Waals surface area contributed by atoms with Crippen LogP contribution in [0.1, 0.15) is 50.9 Å². The summed E-state index contributed by atoms with van der Waals surface area (Å²) in [6.45, 7) is 9.64. The zero-order chi connectivity index (χ0) is 15.2. The summed E-state index contributed by atoms with van der Waals surface area (Å²) in [5.74, 6) is 1.41. The second-order valence-electron chi connectivity index (χ2n) is 7.22. The fourth-order valence-electron chi connectivity index (χ4n) is 3.09. The highest BCUT2D eigenvalue weighted by molar-refractivity contribution is 5.92. The number of carbonyl (C=O) groups excluding carboxylic acids is 1. The van der Waals surface area contributed by atoms with Crippen LogP contribution >= 0.6 is 0 Å². The molecule has 0 radical (unpaired) electrons. The molecule has 1 N–H and O–H groups in total. The van der Waals surface area contributed by atoms with Crippen molar-refractivity contribution in [2.45, 2.75) is 52.2 Å². The van der Waals surface area contributed by atoms with Crippen LogP contribution in [0.15, 0.2) is 24.3 Å². The summed E-state index contributed by atoms with van der Waals surface area (Å²) in [5.41, 5.74) is 2.21. The Hall–Kier alpha value is -1.35. The Kier molecular flexibility index (Phi) is 3.56. The van der Waals surface area contributed by atoms with Crippen LogP contribution in [0.25, 0.3) is 0 Å². The second kappa shape index (κ2) is 5.13. The monoisotopic (exact) mass is 286 g/mol. The maximum atomic E-state index is 12.8. The molecule has 1 aliphatic carbocycles. The van der Waals surface area contributed by atoms with Crippen molar-refractivity contribution in [2.75, 3.05) is 6.54 Å². The molecule has 2 atom stereocenters. The molecule has 1 aromatic rings. The molecule has 21 heavy (non-hydrogen) atoms. The molecule has 3 rings (SSSR count). The highest BCUT2D eigenvalue weighted by Gasteiger charge is 2.59. The van der Waals surface area contributed by atoms with E-state index in [2.05, 4.69) is 62.2 Å². The molecule has 1 saturated heterocycles. The smallest absolute Gasteiger partial charge is 0.244 e. The fourth-order valence-corrected chi connectivity index (χ4v) is 3.09. The van der Waals surface area contributed by atoms with Gasteiger partial charge in [0.1, 0.15) is 11.7 Å². The van der Waals surface area contributed by atoms with E-state index in [-0.39, 0.29) is 11.7 Å². The van der Waals surface area contributed by atoms with E-state index in [4.69, 9.17) is 0 Å². The SMILES string of the molecule is Cc1cccc(C2NC3(CC3)C(=O)N2CC(C)C(C)C)c1. The summed E-state index contributed by atoms with van der Waals surface area (Å²) >= 11 is 0. The van der Waals surface area contributed by atoms with E-state index in [1.165, 1.54) is 11.1 Å². The predicted octanol–water partition coefficient (Wildman–Crippen LogP) is 3.25. The van der Waals surface area contributed by atoms with Crippen LogP contribution in [0, 0.1) is 18.8 Å². The molecule has 114 valence electrons. The van der Waals surface area contributed by atoms with Crippen LogP contribution in [-0.4, -0.2) is 22.9 Å². The van der Waals surface area contributed by atoms with Gasteiger partial charge in [-0.3, -0.25) is 10.1 Å². The minimum atomic E-state index is -0.245. The molecule has 2 fully saturated rings. The summed E-state index contributed by atoms with van der Waals surface area (Å²) in [4.78, 5) is 14.9. The molecule has 3 nitrogen and oxygen atoms in total. The molecule has 1 amide bonds. The van der Waals surface area contributed by atoms with Crippen molar-refractivity contribution in [1.82, 2.24) is 10.2 Å². The number of hydrogen-bond acceptors (Lipinski definition) is 2. The van der Waals surface area contributed by atoms with Crippen LogP contribution in [0.4, 0.5) is 0 Å². The van der Waals surface area contributed by atoms with Gasteiger partial charge in [-0.1, -0.05) is 50.6 Å². The third-order valence-electron chi connectivity index (χ3n) is 5.13. The van der Waals surface area contributed by atoms with Crippen LogP contribution in [0.5, 0.6) is 0 Å². The zero-order valence-electron chi connectivity index (χ0n) is 13.5. The van der Waals surface area contributed by atoms with Crippen molar-refractivity contribution in [1.29, 1.82) is 0 Å². The molecule has 1 spiro atoms. The zero-order valence-corrected chi connectivity index (χ0v) is 13.5. The summed E-state index contributed by atoms with van der Waals surface area (Å²) < 4.78 is 0. The molecule has 1 saturated carbocycles. The van der Waals surface area contributed by atoms with Gasteiger partial charge in [-0.25, -0.2) is 0 Å². The van der Waals surface area contributed by atoms with Crippen LogP contribution in [-0.2, 0) is 4.79 Å². The number of carbonyl (C=O) groups is 1. The van der Waals surface area contributed by atoms with E-state index in [0.29, 0.717) is 17.7 Å². The van der Waals surface area contributed by atoms with E-state index >= 15 is 0 Å². The van der Waals surface area contributed by atoms with Crippen molar-refractivity contribution >= 4 is 5.91 Å². The average Bonchev–Trinajstić information content (AvgIpc) is 3.17. The molecule has 1 aliphatic heterocycles. The van der Waals surface area contributed by atoms with E-state index in [0.717, 1.165) is 19.4 Å². The Bertz CT molecular complexity index is 548. The predicted molar refractivity (Wildman–Crippen MR) is 84.7 cm³/mol. The third-order valence-corrected chi connectivity index (χ3v) is 5.13. The van der Waals surface area contributed by atoms with Gasteiger partial charge in [-0.05, 0) is 37.2 Å². The van der Waals surface area contributed by atoms with Crippen LogP contribution < -0.4 is 5.32 Å². The van der Waals surface area contributed by atoms with Gasteiger partial charge < -0.3 is 4.90 Å². The normalized spacial score (nSPS) is 24.9. The molecule has 0 aromatic heterocycles. The molecule has 2 aliphatic rings. The van der Waals surface area contributed by atoms with Gasteiger partial charge in [0, 0.05) is 6.54 Å². The number of nitrogens with zero attached hydrogens (tertiary/aromatic N) is 1. The number of amides is 1. The molecule has 1 aromatic carbocycles. The number of benzene rings is 1. The van der Waals surface area contributed by atoms with E-state index in [9.17, 15) is 4.79 Å². The quantitative estimate of drug-likeness (QED) is 0.921. The fraction of sp³-hybridized carbons (Fsp3) is 0.611. The first-order valence-electron chi connectivity index (χ1n) is 8.08. The number of aryl methyl sites for hydroxylation is 1. The molecule has 1 heterocycles. The first kappa shape index (κ1) is 14.6. The molecule has 2 unspecified atom stereocenters. The molecular weight excluding hydrogens is 260 g/mol. The Morgan fingerprint density at radius 2 is 2.05 bits per heavy atom. The maximum Gasteiger partial charge on any atom is 0.244 e. The number of hydrogen-bond donors (Lipinski definition) is 1. The lowest BCUT2D eigenvalue weighted by Gasteiger charge is -2.29. The highest BCUT2D eigenvalue weighted by atomic mass is 16.2. The maximum absolute atomic E-state index is 12.8. The van der Waals surface area contributed by atoms with Crippen molar-refractivity contribution in [3.63, 3.8) is 0 Å². The number of rotatable bonds is 4. The minimum Gasteiger partial charge on any atom is -0.321 e. The van der Waals surface area contributed by atoms with Gasteiger partial charge in [0.25, 0.3) is 0 Å². The van der Waals surface area contributed by atoms with Crippen molar-refractivity contribution < 1.29 is 4.79 Å². The van der Waals surface area contributed by atoms with Gasteiger partial charge in [0.2, 0.25) is 5.91 Å². The lowest BCUT2D eigenvalue weighted by molar-refractivity contribution is -0.131. The summed E-state index contributed by atoms with van der Waals surface area (Å²) in [6, 6.07) is 8.51. The standard InChI is InChI=1S/C18H26N2O/c1-12(2)14(4)11-20-16(15-7-5-6-13(3)10-15)19-18(8-9-18)17(20)21/h5-7,10,12,14,16,19H,8-9,11H2,1-4H3. The van der Waals surface area contributed by atoms with Crippen LogP contribution in [0.2, 0.25) is 0 Å². The van der Waals surface area contributed by atoms with Gasteiger partial charge in [0.15, 0.2) is 0 Å². The average molecular weight is 286 g/mol. The van der Waals surface area contributed by atoms with Gasteiger partial charge in [-0.2, -0.15) is 0 Å². The largest absolute Gasteiger partial charge is 0.321 e. The first-order valence-corrected chi connectivity index (χ1v) is 8.08. The molecular formula is C18H26N2O. The van der Waals surface area contributed by atoms with Crippen LogP contribution in [0.3, 0.4) is 0 Å². The third kappa shape index (κ3) is 2.59. The van der Waals surface area contributed by atoms with E-state index < -0.39 is 0 Å². The summed E-state index contributed by atoms with van der Waals surface area (Å²) in [7, 11) is 0. The summed E-state index contributed by atoms with van der Waals surface area (Å²) in [6.07, 6.45) is 2.02. The Morgan fingerprint density at radius 1 is 1.33 bits per heavy atom.